The second-order valence-corrected chi connectivity index (χ2v) is 5.96. The highest BCUT2D eigenvalue weighted by Gasteiger charge is 2.28. The first kappa shape index (κ1) is 16.2. The summed E-state index contributed by atoms with van der Waals surface area (Å²) in [6, 6.07) is 9.23. The normalized spacial score (nSPS) is 14.1. The van der Waals surface area contributed by atoms with Gasteiger partial charge in [-0.05, 0) is 45.2 Å². The molecule has 2 amide bonds. The Kier molecular flexibility index (Phi) is 4.64. The predicted octanol–water partition coefficient (Wildman–Crippen LogP) is 1.62. The Morgan fingerprint density at radius 1 is 1.25 bits per heavy atom. The summed E-state index contributed by atoms with van der Waals surface area (Å²) in [6.07, 6.45) is 2.78. The van der Waals surface area contributed by atoms with E-state index in [1.807, 2.05) is 41.9 Å². The molecule has 1 aliphatic carbocycles. The Morgan fingerprint density at radius 3 is 2.71 bits per heavy atom. The number of amides is 2. The minimum atomic E-state index is -0.587. The third kappa shape index (κ3) is 3.04. The van der Waals surface area contributed by atoms with Crippen LogP contribution in [0, 0.1) is 0 Å². The van der Waals surface area contributed by atoms with Crippen LogP contribution in [0.2, 0.25) is 0 Å². The first-order chi connectivity index (χ1) is 11.6. The fourth-order valence-electron chi connectivity index (χ4n) is 3.06. The van der Waals surface area contributed by atoms with E-state index in [0.717, 1.165) is 36.2 Å². The lowest BCUT2D eigenvalue weighted by Crippen LogP contribution is -2.45. The van der Waals surface area contributed by atoms with Crippen molar-refractivity contribution >= 4 is 11.8 Å². The van der Waals surface area contributed by atoms with E-state index in [1.165, 1.54) is 0 Å². The van der Waals surface area contributed by atoms with Crippen LogP contribution in [-0.2, 0) is 17.6 Å². The lowest BCUT2D eigenvalue weighted by atomic mass is 10.2. The highest BCUT2D eigenvalue weighted by Crippen LogP contribution is 2.27. The molecule has 6 heteroatoms. The van der Waals surface area contributed by atoms with Crippen LogP contribution in [0.1, 0.15) is 42.0 Å². The second kappa shape index (κ2) is 6.86. The van der Waals surface area contributed by atoms with Gasteiger partial charge in [0, 0.05) is 17.8 Å². The van der Waals surface area contributed by atoms with Crippen molar-refractivity contribution in [1.29, 1.82) is 0 Å². The molecule has 2 N–H and O–H groups in total. The Labute approximate surface area is 141 Å². The van der Waals surface area contributed by atoms with E-state index in [4.69, 9.17) is 0 Å². The number of hydrogen-bond acceptors (Lipinski definition) is 3. The molecule has 6 nitrogen and oxygen atoms in total. The summed E-state index contributed by atoms with van der Waals surface area (Å²) in [7, 11) is 0. The molecular weight excluding hydrogens is 304 g/mol. The maximum atomic E-state index is 12.6. The first-order valence-corrected chi connectivity index (χ1v) is 8.36. The Morgan fingerprint density at radius 2 is 2.00 bits per heavy atom. The number of benzene rings is 1. The van der Waals surface area contributed by atoms with Crippen molar-refractivity contribution < 1.29 is 9.59 Å². The third-order valence-corrected chi connectivity index (χ3v) is 4.24. The van der Waals surface area contributed by atoms with Gasteiger partial charge in [-0.2, -0.15) is 5.10 Å². The summed E-state index contributed by atoms with van der Waals surface area (Å²) in [4.78, 5) is 24.4. The number of likely N-dealkylation sites (N-methyl/N-ethyl adjacent to an activating group) is 1. The van der Waals surface area contributed by atoms with Crippen LogP contribution < -0.4 is 10.6 Å². The van der Waals surface area contributed by atoms with Crippen LogP contribution in [0.25, 0.3) is 5.69 Å². The lowest BCUT2D eigenvalue weighted by molar-refractivity contribution is -0.122. The number of para-hydroxylation sites is 1. The highest BCUT2D eigenvalue weighted by atomic mass is 16.2. The standard InChI is InChI=1S/C18H22N4O2/c1-3-19-17(23)12(2)20-18(24)16-14-10-7-11-15(14)22(21-16)13-8-5-4-6-9-13/h4-6,8-9,12H,3,7,10-11H2,1-2H3,(H,19,23)(H,20,24)/t12-/m1/s1. The molecular formula is C18H22N4O2. The van der Waals surface area contributed by atoms with Gasteiger partial charge in [0.2, 0.25) is 5.91 Å². The zero-order valence-electron chi connectivity index (χ0n) is 14.0. The summed E-state index contributed by atoms with van der Waals surface area (Å²) < 4.78 is 1.86. The van der Waals surface area contributed by atoms with Gasteiger partial charge in [0.05, 0.1) is 5.69 Å². The first-order valence-electron chi connectivity index (χ1n) is 8.36. The number of fused-ring (bicyclic) bond motifs is 1. The van der Waals surface area contributed by atoms with E-state index in [2.05, 4.69) is 15.7 Å². The number of nitrogens with zero attached hydrogens (tertiary/aromatic N) is 2. The SMILES string of the molecule is CCNC(=O)[C@@H](C)NC(=O)c1nn(-c2ccccc2)c2c1CCC2. The Hall–Kier alpha value is -2.63. The zero-order chi connectivity index (χ0) is 17.1. The number of nitrogens with one attached hydrogen (secondary N) is 2. The largest absolute Gasteiger partial charge is 0.355 e. The van der Waals surface area contributed by atoms with Crippen LogP contribution in [-0.4, -0.2) is 34.2 Å². The fraction of sp³-hybridized carbons (Fsp3) is 0.389. The van der Waals surface area contributed by atoms with E-state index in [9.17, 15) is 9.59 Å². The summed E-state index contributed by atoms with van der Waals surface area (Å²) in [5, 5.41) is 9.99. The predicted molar refractivity (Wildman–Crippen MR) is 91.2 cm³/mol. The van der Waals surface area contributed by atoms with E-state index < -0.39 is 6.04 Å². The van der Waals surface area contributed by atoms with Gasteiger partial charge in [-0.15, -0.1) is 0 Å². The molecule has 0 unspecified atom stereocenters. The van der Waals surface area contributed by atoms with Gasteiger partial charge in [0.25, 0.3) is 5.91 Å². The molecule has 0 bridgehead atoms. The van der Waals surface area contributed by atoms with Gasteiger partial charge in [0.1, 0.15) is 6.04 Å². The topological polar surface area (TPSA) is 76.0 Å². The van der Waals surface area contributed by atoms with E-state index in [0.29, 0.717) is 12.2 Å². The number of hydrogen-bond donors (Lipinski definition) is 2. The van der Waals surface area contributed by atoms with Crippen LogP contribution in [0.3, 0.4) is 0 Å². The van der Waals surface area contributed by atoms with E-state index in [1.54, 1.807) is 6.92 Å². The molecule has 1 aromatic carbocycles. The molecule has 1 heterocycles. The van der Waals surface area contributed by atoms with E-state index >= 15 is 0 Å². The minimum absolute atomic E-state index is 0.190. The van der Waals surface area contributed by atoms with Crippen LogP contribution in [0.4, 0.5) is 0 Å². The summed E-state index contributed by atoms with van der Waals surface area (Å²) in [5.74, 6) is -0.480. The van der Waals surface area contributed by atoms with Gasteiger partial charge in [-0.1, -0.05) is 18.2 Å². The molecule has 24 heavy (non-hydrogen) atoms. The van der Waals surface area contributed by atoms with Gasteiger partial charge in [-0.25, -0.2) is 4.68 Å². The zero-order valence-corrected chi connectivity index (χ0v) is 14.0. The summed E-state index contributed by atoms with van der Waals surface area (Å²) in [6.45, 7) is 4.06. The molecule has 0 radical (unpaired) electrons. The maximum absolute atomic E-state index is 12.6. The van der Waals surface area contributed by atoms with Crippen molar-refractivity contribution in [2.75, 3.05) is 6.54 Å². The Balaban J connectivity index is 1.87. The fourth-order valence-corrected chi connectivity index (χ4v) is 3.06. The number of carbonyl (C=O) groups excluding carboxylic acids is 2. The number of carbonyl (C=O) groups is 2. The quantitative estimate of drug-likeness (QED) is 0.876. The van der Waals surface area contributed by atoms with Gasteiger partial charge < -0.3 is 10.6 Å². The van der Waals surface area contributed by atoms with Gasteiger partial charge in [-0.3, -0.25) is 9.59 Å². The van der Waals surface area contributed by atoms with Crippen LogP contribution >= 0.6 is 0 Å². The molecule has 2 aromatic rings. The Bertz CT molecular complexity index is 752. The van der Waals surface area contributed by atoms with E-state index in [-0.39, 0.29) is 11.8 Å². The molecule has 0 saturated carbocycles. The summed E-state index contributed by atoms with van der Waals surface area (Å²) >= 11 is 0. The average molecular weight is 326 g/mol. The summed E-state index contributed by atoms with van der Waals surface area (Å²) in [5.41, 5.74) is 3.48. The number of aromatic nitrogens is 2. The molecule has 1 atom stereocenters. The van der Waals surface area contributed by atoms with Crippen molar-refractivity contribution in [3.63, 3.8) is 0 Å². The van der Waals surface area contributed by atoms with Crippen LogP contribution in [0.5, 0.6) is 0 Å². The molecule has 0 spiro atoms. The van der Waals surface area contributed by atoms with Crippen molar-refractivity contribution in [1.82, 2.24) is 20.4 Å². The molecule has 3 rings (SSSR count). The van der Waals surface area contributed by atoms with Crippen molar-refractivity contribution in [2.24, 2.45) is 0 Å². The smallest absolute Gasteiger partial charge is 0.272 e. The molecule has 1 aromatic heterocycles. The molecule has 1 aliphatic rings. The number of rotatable bonds is 5. The third-order valence-electron chi connectivity index (χ3n) is 4.24. The second-order valence-electron chi connectivity index (χ2n) is 5.96. The monoisotopic (exact) mass is 326 g/mol. The highest BCUT2D eigenvalue weighted by molar-refractivity contribution is 5.97. The van der Waals surface area contributed by atoms with Crippen molar-refractivity contribution in [3.8, 4) is 5.69 Å². The molecule has 0 saturated heterocycles. The molecule has 126 valence electrons. The average Bonchev–Trinajstić information content (AvgIpc) is 3.17. The van der Waals surface area contributed by atoms with Crippen molar-refractivity contribution in [3.05, 3.63) is 47.3 Å². The lowest BCUT2D eigenvalue weighted by Gasteiger charge is -2.12. The van der Waals surface area contributed by atoms with Gasteiger partial charge in [0.15, 0.2) is 5.69 Å². The maximum Gasteiger partial charge on any atom is 0.272 e. The molecule has 0 fully saturated rings. The van der Waals surface area contributed by atoms with Gasteiger partial charge >= 0.3 is 0 Å². The van der Waals surface area contributed by atoms with Crippen LogP contribution in [0.15, 0.2) is 30.3 Å². The molecule has 0 aliphatic heterocycles. The van der Waals surface area contributed by atoms with Crippen molar-refractivity contribution in [2.45, 2.75) is 39.2 Å². The minimum Gasteiger partial charge on any atom is -0.355 e.